The smallest absolute Gasteiger partial charge is 0.187 e. The zero-order chi connectivity index (χ0) is 21.5. The average molecular weight is 415 g/mol. The summed E-state index contributed by atoms with van der Waals surface area (Å²) in [6.07, 6.45) is 11.6. The first-order chi connectivity index (χ1) is 14.1. The minimum Gasteiger partial charge on any atom is -0.360 e. The van der Waals surface area contributed by atoms with Gasteiger partial charge in [0.05, 0.1) is 6.61 Å². The summed E-state index contributed by atoms with van der Waals surface area (Å²) in [5.41, 5.74) is 1.58. The number of methoxy groups -OCH3 is 1. The highest BCUT2D eigenvalue weighted by Crippen LogP contribution is 2.67. The van der Waals surface area contributed by atoms with E-state index in [0.29, 0.717) is 35.0 Å². The van der Waals surface area contributed by atoms with E-state index < -0.39 is 5.79 Å². The maximum atomic E-state index is 12.2. The molecule has 1 aliphatic heterocycles. The topological polar surface area (TPSA) is 48.1 Å². The van der Waals surface area contributed by atoms with Gasteiger partial charge < -0.3 is 14.2 Å². The fraction of sp³-hybridized carbons (Fsp3) is 0.808. The maximum Gasteiger partial charge on any atom is 0.187 e. The van der Waals surface area contributed by atoms with Crippen LogP contribution in [0.25, 0.3) is 0 Å². The summed E-state index contributed by atoms with van der Waals surface area (Å²) in [5, 5.41) is 0. The van der Waals surface area contributed by atoms with Gasteiger partial charge in [0.15, 0.2) is 11.6 Å². The van der Waals surface area contributed by atoms with Gasteiger partial charge in [0, 0.05) is 12.5 Å². The van der Waals surface area contributed by atoms with E-state index in [4.69, 9.17) is 14.2 Å². The molecule has 1 saturated heterocycles. The molecule has 1 heterocycles. The zero-order valence-corrected chi connectivity index (χ0v) is 19.4. The number of allylic oxidation sites excluding steroid dienone is 2. The van der Waals surface area contributed by atoms with Crippen LogP contribution in [0.1, 0.15) is 60.3 Å². The molecular formula is C26H38O4. The van der Waals surface area contributed by atoms with Gasteiger partial charge in [0.1, 0.15) is 12.2 Å². The Morgan fingerprint density at radius 3 is 2.73 bits per heavy atom. The predicted octanol–water partition coefficient (Wildman–Crippen LogP) is 4.93. The van der Waals surface area contributed by atoms with Crippen molar-refractivity contribution in [2.45, 2.75) is 78.3 Å². The second-order valence-corrected chi connectivity index (χ2v) is 11.5. The number of hydrogen-bond donors (Lipinski definition) is 0. The molecule has 0 radical (unpaired) electrons. The molecule has 0 aromatic heterocycles. The molecule has 0 spiro atoms. The molecule has 5 aliphatic rings. The monoisotopic (exact) mass is 414 g/mol. The molecule has 0 amide bonds. The summed E-state index contributed by atoms with van der Waals surface area (Å²) in [7, 11) is 1.71. The average Bonchev–Trinajstić information content (AvgIpc) is 3.45. The second-order valence-electron chi connectivity index (χ2n) is 11.5. The molecule has 166 valence electrons. The molecule has 3 fully saturated rings. The minimum absolute atomic E-state index is 0.00856. The lowest BCUT2D eigenvalue weighted by Gasteiger charge is -2.56. The van der Waals surface area contributed by atoms with Crippen molar-refractivity contribution in [2.75, 3.05) is 13.7 Å². The third kappa shape index (κ3) is 2.86. The molecule has 0 aromatic rings. The van der Waals surface area contributed by atoms with E-state index in [1.54, 1.807) is 7.11 Å². The highest BCUT2D eigenvalue weighted by atomic mass is 16.7. The Bertz CT molecular complexity index is 797. The van der Waals surface area contributed by atoms with Gasteiger partial charge in [0.25, 0.3) is 0 Å². The number of carbonyl (C=O) groups excluding carboxylic acids is 1. The van der Waals surface area contributed by atoms with E-state index in [1.807, 2.05) is 19.9 Å². The number of rotatable bonds is 5. The van der Waals surface area contributed by atoms with Crippen LogP contribution in [0.2, 0.25) is 0 Å². The first-order valence-electron chi connectivity index (χ1n) is 11.9. The number of epoxide rings is 1. The highest BCUT2D eigenvalue weighted by molar-refractivity contribution is 5.98. The Hall–Kier alpha value is -0.970. The standard InChI is InChI=1S/C26H38O4/c1-15(14-29-24(2,3)28-6)18-9-10-19-17-8-7-16-13-21(27)22-23(30-22)26(16,5)20(17)11-12-25(18,19)4/h7-8,13,15,17-20,22-23H,9-12,14H2,1-6H3/t15?,17-,18+,19-,20-,22?,23?,25+,26-/m0/s1. The van der Waals surface area contributed by atoms with Crippen molar-refractivity contribution in [1.82, 2.24) is 0 Å². The number of hydrogen-bond acceptors (Lipinski definition) is 4. The van der Waals surface area contributed by atoms with Gasteiger partial charge in [-0.05, 0) is 86.2 Å². The Labute approximate surface area is 181 Å². The van der Waals surface area contributed by atoms with Crippen LogP contribution in [0.4, 0.5) is 0 Å². The molecule has 3 unspecified atom stereocenters. The number of fused-ring (bicyclic) bond motifs is 7. The largest absolute Gasteiger partial charge is 0.360 e. The number of ether oxygens (including phenoxy) is 3. The molecule has 4 heteroatoms. The van der Waals surface area contributed by atoms with Crippen LogP contribution in [-0.4, -0.2) is 37.5 Å². The van der Waals surface area contributed by atoms with Crippen LogP contribution in [0.15, 0.2) is 23.8 Å². The van der Waals surface area contributed by atoms with E-state index in [2.05, 4.69) is 32.9 Å². The lowest BCUT2D eigenvalue weighted by molar-refractivity contribution is -0.207. The fourth-order valence-corrected chi connectivity index (χ4v) is 7.85. The molecule has 5 rings (SSSR count). The van der Waals surface area contributed by atoms with Gasteiger partial charge in [-0.15, -0.1) is 0 Å². The molecule has 4 nitrogen and oxygen atoms in total. The summed E-state index contributed by atoms with van der Waals surface area (Å²) in [5.74, 6) is 2.76. The van der Waals surface area contributed by atoms with Crippen molar-refractivity contribution in [2.24, 2.45) is 40.4 Å². The van der Waals surface area contributed by atoms with Crippen molar-refractivity contribution in [3.05, 3.63) is 23.8 Å². The first kappa shape index (κ1) is 20.9. The predicted molar refractivity (Wildman–Crippen MR) is 116 cm³/mol. The molecule has 30 heavy (non-hydrogen) atoms. The SMILES string of the molecule is COC(C)(C)OCC(C)[C@H]1CC[C@H]2[C@@H]3C=CC4=CC(=O)C5OC5[C@]4(C)[C@H]3CC[C@]12C. The maximum absolute atomic E-state index is 12.2. The van der Waals surface area contributed by atoms with Crippen LogP contribution >= 0.6 is 0 Å². The third-order valence-electron chi connectivity index (χ3n) is 9.83. The Morgan fingerprint density at radius 2 is 2.00 bits per heavy atom. The van der Waals surface area contributed by atoms with Gasteiger partial charge >= 0.3 is 0 Å². The highest BCUT2D eigenvalue weighted by Gasteiger charge is 2.66. The normalized spacial score (nSPS) is 47.7. The molecule has 0 N–H and O–H groups in total. The Balaban J connectivity index is 1.37. The van der Waals surface area contributed by atoms with Crippen LogP contribution in [0, 0.1) is 40.4 Å². The molecule has 4 aliphatic carbocycles. The Kier molecular flexibility index (Phi) is 4.71. The van der Waals surface area contributed by atoms with Crippen molar-refractivity contribution < 1.29 is 19.0 Å². The van der Waals surface area contributed by atoms with Crippen LogP contribution in [0.5, 0.6) is 0 Å². The van der Waals surface area contributed by atoms with E-state index in [0.717, 1.165) is 6.61 Å². The summed E-state index contributed by atoms with van der Waals surface area (Å²) < 4.78 is 17.5. The van der Waals surface area contributed by atoms with E-state index in [9.17, 15) is 4.79 Å². The van der Waals surface area contributed by atoms with Crippen LogP contribution < -0.4 is 0 Å². The van der Waals surface area contributed by atoms with Crippen molar-refractivity contribution in [3.8, 4) is 0 Å². The lowest BCUT2D eigenvalue weighted by atomic mass is 9.48. The van der Waals surface area contributed by atoms with Crippen LogP contribution in [-0.2, 0) is 19.0 Å². The molecule has 9 atom stereocenters. The van der Waals surface area contributed by atoms with E-state index in [1.165, 1.54) is 31.3 Å². The van der Waals surface area contributed by atoms with Gasteiger partial charge in [-0.1, -0.05) is 32.9 Å². The molecule has 0 aromatic carbocycles. The molecular weight excluding hydrogens is 376 g/mol. The van der Waals surface area contributed by atoms with Crippen LogP contribution in [0.3, 0.4) is 0 Å². The van der Waals surface area contributed by atoms with Crippen molar-refractivity contribution in [3.63, 3.8) is 0 Å². The van der Waals surface area contributed by atoms with Crippen molar-refractivity contribution >= 4 is 5.78 Å². The summed E-state index contributed by atoms with van der Waals surface area (Å²) in [6, 6.07) is 0. The third-order valence-corrected chi connectivity index (χ3v) is 9.83. The zero-order valence-electron chi connectivity index (χ0n) is 19.4. The minimum atomic E-state index is -0.520. The quantitative estimate of drug-likeness (QED) is 0.473. The number of ketones is 1. The Morgan fingerprint density at radius 1 is 1.23 bits per heavy atom. The van der Waals surface area contributed by atoms with Crippen molar-refractivity contribution in [1.29, 1.82) is 0 Å². The van der Waals surface area contributed by atoms with Gasteiger partial charge in [-0.3, -0.25) is 4.79 Å². The summed E-state index contributed by atoms with van der Waals surface area (Å²) in [6.45, 7) is 12.0. The fourth-order valence-electron chi connectivity index (χ4n) is 7.85. The van der Waals surface area contributed by atoms with E-state index in [-0.39, 0.29) is 23.4 Å². The molecule has 0 bridgehead atoms. The van der Waals surface area contributed by atoms with Gasteiger partial charge in [0.2, 0.25) is 0 Å². The first-order valence-corrected chi connectivity index (χ1v) is 11.9. The van der Waals surface area contributed by atoms with Gasteiger partial charge in [-0.2, -0.15) is 0 Å². The summed E-state index contributed by atoms with van der Waals surface area (Å²) >= 11 is 0. The number of carbonyl (C=O) groups is 1. The van der Waals surface area contributed by atoms with Gasteiger partial charge in [-0.25, -0.2) is 0 Å². The lowest BCUT2D eigenvalue weighted by Crippen LogP contribution is -2.52. The second kappa shape index (κ2) is 6.76. The summed E-state index contributed by atoms with van der Waals surface area (Å²) in [4.78, 5) is 12.2. The van der Waals surface area contributed by atoms with E-state index >= 15 is 0 Å². The molecule has 2 saturated carbocycles.